The molecule has 1 aromatic carbocycles. The highest BCUT2D eigenvalue weighted by molar-refractivity contribution is 7.89. The third-order valence-electron chi connectivity index (χ3n) is 3.18. The Bertz CT molecular complexity index is 560. The molecule has 104 valence electrons. The maximum Gasteiger partial charge on any atom is 0.335 e. The summed E-state index contributed by atoms with van der Waals surface area (Å²) in [7, 11) is -3.62. The number of aliphatic hydroxyl groups is 1. The minimum Gasteiger partial charge on any atom is -0.478 e. The van der Waals surface area contributed by atoms with E-state index >= 15 is 0 Å². The standard InChI is InChI=1S/C12H15NO5S/c14-10-5-8(6-10)7-13-19(17,18)11-3-1-9(2-4-11)12(15)16/h1-4,8,10,13-14H,5-7H2,(H,15,16). The van der Waals surface area contributed by atoms with Crippen molar-refractivity contribution in [1.82, 2.24) is 4.72 Å². The van der Waals surface area contributed by atoms with Crippen molar-refractivity contribution < 1.29 is 23.4 Å². The number of rotatable bonds is 5. The highest BCUT2D eigenvalue weighted by atomic mass is 32.2. The molecule has 0 aliphatic heterocycles. The predicted molar refractivity (Wildman–Crippen MR) is 67.3 cm³/mol. The summed E-state index contributed by atoms with van der Waals surface area (Å²) in [4.78, 5) is 10.7. The van der Waals surface area contributed by atoms with Crippen LogP contribution in [0.4, 0.5) is 0 Å². The number of hydrogen-bond acceptors (Lipinski definition) is 4. The van der Waals surface area contributed by atoms with Gasteiger partial charge in [0.15, 0.2) is 0 Å². The van der Waals surface area contributed by atoms with E-state index in [9.17, 15) is 13.2 Å². The smallest absolute Gasteiger partial charge is 0.335 e. The van der Waals surface area contributed by atoms with Crippen molar-refractivity contribution in [2.24, 2.45) is 5.92 Å². The highest BCUT2D eigenvalue weighted by Crippen LogP contribution is 2.26. The van der Waals surface area contributed by atoms with Gasteiger partial charge >= 0.3 is 5.97 Å². The number of hydrogen-bond donors (Lipinski definition) is 3. The molecule has 1 saturated carbocycles. The largest absolute Gasteiger partial charge is 0.478 e. The summed E-state index contributed by atoms with van der Waals surface area (Å²) in [6.07, 6.45) is 0.908. The van der Waals surface area contributed by atoms with Gasteiger partial charge < -0.3 is 10.2 Å². The molecule has 1 aromatic rings. The number of carboxylic acids is 1. The summed E-state index contributed by atoms with van der Waals surface area (Å²) in [5, 5.41) is 17.8. The lowest BCUT2D eigenvalue weighted by atomic mass is 9.83. The molecular formula is C12H15NO5S. The first-order valence-corrected chi connectivity index (χ1v) is 7.38. The molecule has 3 N–H and O–H groups in total. The second kappa shape index (κ2) is 5.28. The van der Waals surface area contributed by atoms with Crippen LogP contribution in [0.25, 0.3) is 0 Å². The van der Waals surface area contributed by atoms with Crippen molar-refractivity contribution in [1.29, 1.82) is 0 Å². The van der Waals surface area contributed by atoms with E-state index in [1.54, 1.807) is 0 Å². The maximum atomic E-state index is 11.9. The zero-order valence-electron chi connectivity index (χ0n) is 10.1. The number of benzene rings is 1. The van der Waals surface area contributed by atoms with Gasteiger partial charge in [0.2, 0.25) is 10.0 Å². The van der Waals surface area contributed by atoms with Crippen molar-refractivity contribution in [3.8, 4) is 0 Å². The van der Waals surface area contributed by atoms with Crippen LogP contribution in [0.5, 0.6) is 0 Å². The molecule has 0 bridgehead atoms. The van der Waals surface area contributed by atoms with Crippen molar-refractivity contribution in [2.75, 3.05) is 6.54 Å². The summed E-state index contributed by atoms with van der Waals surface area (Å²) < 4.78 is 26.3. The Kier molecular flexibility index (Phi) is 3.88. The molecule has 7 heteroatoms. The molecule has 1 fully saturated rings. The average Bonchev–Trinajstić information content (AvgIpc) is 2.33. The fourth-order valence-corrected chi connectivity index (χ4v) is 3.07. The Morgan fingerprint density at radius 1 is 1.26 bits per heavy atom. The van der Waals surface area contributed by atoms with Gasteiger partial charge in [0.25, 0.3) is 0 Å². The number of aliphatic hydroxyl groups excluding tert-OH is 1. The topological polar surface area (TPSA) is 104 Å². The number of sulfonamides is 1. The second-order valence-electron chi connectivity index (χ2n) is 4.67. The van der Waals surface area contributed by atoms with Gasteiger partial charge in [0, 0.05) is 6.54 Å². The summed E-state index contributed by atoms with van der Waals surface area (Å²) >= 11 is 0. The average molecular weight is 285 g/mol. The normalized spacial score (nSPS) is 22.8. The third-order valence-corrected chi connectivity index (χ3v) is 4.62. The molecule has 0 atom stereocenters. The molecule has 1 aliphatic rings. The monoisotopic (exact) mass is 285 g/mol. The lowest BCUT2D eigenvalue weighted by molar-refractivity contribution is 0.0453. The lowest BCUT2D eigenvalue weighted by Crippen LogP contribution is -2.38. The van der Waals surface area contributed by atoms with Gasteiger partial charge in [-0.3, -0.25) is 0 Å². The van der Waals surface area contributed by atoms with Crippen LogP contribution in [0.1, 0.15) is 23.2 Å². The minimum absolute atomic E-state index is 0.0392. The van der Waals surface area contributed by atoms with Crippen LogP contribution in [0.15, 0.2) is 29.2 Å². The predicted octanol–water partition coefficient (Wildman–Crippen LogP) is 0.434. The Balaban J connectivity index is 2.00. The quantitative estimate of drug-likeness (QED) is 0.728. The van der Waals surface area contributed by atoms with Gasteiger partial charge in [-0.25, -0.2) is 17.9 Å². The van der Waals surface area contributed by atoms with E-state index in [2.05, 4.69) is 4.72 Å². The Morgan fingerprint density at radius 2 is 1.84 bits per heavy atom. The Morgan fingerprint density at radius 3 is 2.32 bits per heavy atom. The first-order chi connectivity index (χ1) is 8.88. The van der Waals surface area contributed by atoms with E-state index in [4.69, 9.17) is 10.2 Å². The SMILES string of the molecule is O=C(O)c1ccc(S(=O)(=O)NCC2CC(O)C2)cc1. The zero-order valence-corrected chi connectivity index (χ0v) is 10.9. The van der Waals surface area contributed by atoms with Crippen LogP contribution in [0, 0.1) is 5.92 Å². The van der Waals surface area contributed by atoms with Gasteiger partial charge in [-0.15, -0.1) is 0 Å². The van der Waals surface area contributed by atoms with Crippen molar-refractivity contribution in [2.45, 2.75) is 23.8 Å². The molecule has 0 saturated heterocycles. The van der Waals surface area contributed by atoms with Gasteiger partial charge in [0.1, 0.15) is 0 Å². The summed E-state index contributed by atoms with van der Waals surface area (Å²) in [5.74, 6) is -0.927. The van der Waals surface area contributed by atoms with Gasteiger partial charge in [-0.05, 0) is 43.0 Å². The number of carbonyl (C=O) groups is 1. The van der Waals surface area contributed by atoms with E-state index in [0.717, 1.165) is 0 Å². The molecular weight excluding hydrogens is 270 g/mol. The fraction of sp³-hybridized carbons (Fsp3) is 0.417. The van der Waals surface area contributed by atoms with Crippen molar-refractivity contribution >= 4 is 16.0 Å². The fourth-order valence-electron chi connectivity index (χ4n) is 1.95. The lowest BCUT2D eigenvalue weighted by Gasteiger charge is -2.31. The summed E-state index contributed by atoms with van der Waals surface area (Å²) in [6, 6.07) is 5.04. The van der Waals surface area contributed by atoms with Crippen LogP contribution in [0.2, 0.25) is 0 Å². The molecule has 6 nitrogen and oxygen atoms in total. The van der Waals surface area contributed by atoms with Crippen LogP contribution < -0.4 is 4.72 Å². The van der Waals surface area contributed by atoms with Gasteiger partial charge in [0.05, 0.1) is 16.6 Å². The van der Waals surface area contributed by atoms with Crippen LogP contribution in [0.3, 0.4) is 0 Å². The molecule has 1 aliphatic carbocycles. The number of nitrogens with one attached hydrogen (secondary N) is 1. The molecule has 0 heterocycles. The molecule has 0 aromatic heterocycles. The van der Waals surface area contributed by atoms with E-state index < -0.39 is 16.0 Å². The van der Waals surface area contributed by atoms with E-state index in [1.807, 2.05) is 0 Å². The third kappa shape index (κ3) is 3.31. The Hall–Kier alpha value is -1.44. The van der Waals surface area contributed by atoms with Gasteiger partial charge in [-0.2, -0.15) is 0 Å². The van der Waals surface area contributed by atoms with Crippen LogP contribution in [-0.2, 0) is 10.0 Å². The first kappa shape index (κ1) is 14.0. The van der Waals surface area contributed by atoms with E-state index in [1.165, 1.54) is 24.3 Å². The second-order valence-corrected chi connectivity index (χ2v) is 6.44. The van der Waals surface area contributed by atoms with E-state index in [0.29, 0.717) is 19.4 Å². The first-order valence-electron chi connectivity index (χ1n) is 5.89. The number of carboxylic acid groups (broad SMARTS) is 1. The van der Waals surface area contributed by atoms with Crippen molar-refractivity contribution in [3.05, 3.63) is 29.8 Å². The zero-order chi connectivity index (χ0) is 14.0. The molecule has 19 heavy (non-hydrogen) atoms. The summed E-state index contributed by atoms with van der Waals surface area (Å²) in [6.45, 7) is 0.292. The Labute approximate surface area is 111 Å². The molecule has 0 spiro atoms. The maximum absolute atomic E-state index is 11.9. The molecule has 0 radical (unpaired) electrons. The highest BCUT2D eigenvalue weighted by Gasteiger charge is 2.28. The minimum atomic E-state index is -3.62. The molecule has 0 amide bonds. The van der Waals surface area contributed by atoms with E-state index in [-0.39, 0.29) is 22.5 Å². The van der Waals surface area contributed by atoms with Gasteiger partial charge in [-0.1, -0.05) is 0 Å². The molecule has 2 rings (SSSR count). The summed E-state index contributed by atoms with van der Waals surface area (Å²) in [5.41, 5.74) is 0.0427. The number of aromatic carboxylic acids is 1. The van der Waals surface area contributed by atoms with Crippen LogP contribution >= 0.6 is 0 Å². The van der Waals surface area contributed by atoms with Crippen molar-refractivity contribution in [3.63, 3.8) is 0 Å². The van der Waals surface area contributed by atoms with Crippen LogP contribution in [-0.4, -0.2) is 37.2 Å². The molecule has 0 unspecified atom stereocenters.